The Hall–Kier alpha value is -10.6. The van der Waals surface area contributed by atoms with Crippen LogP contribution in [0.25, 0.3) is 33.4 Å². The third-order valence-corrected chi connectivity index (χ3v) is 28.7. The second kappa shape index (κ2) is 44.5. The van der Waals surface area contributed by atoms with Crippen molar-refractivity contribution in [2.75, 3.05) is 142 Å². The lowest BCUT2D eigenvalue weighted by Crippen LogP contribution is -2.61. The number of aliphatic hydroxyl groups is 2. The molecule has 8 aliphatic rings. The molecule has 1 saturated carbocycles. The Kier molecular flexibility index (Phi) is 32.5. The lowest BCUT2D eigenvalue weighted by atomic mass is 9.78. The van der Waals surface area contributed by atoms with Crippen molar-refractivity contribution in [2.24, 2.45) is 35.5 Å². The number of benzene rings is 2. The summed E-state index contributed by atoms with van der Waals surface area (Å²) in [7, 11) is 6.22. The van der Waals surface area contributed by atoms with E-state index in [4.69, 9.17) is 68.8 Å². The number of nitrogen functional groups attached to an aromatic ring is 2. The molecular formula is C99H134N18O17. The van der Waals surface area contributed by atoms with Crippen molar-refractivity contribution in [3.05, 3.63) is 142 Å². The largest absolute Gasteiger partial charge is 0.460 e. The van der Waals surface area contributed by atoms with Gasteiger partial charge >= 0.3 is 12.1 Å². The molecule has 4 saturated heterocycles. The van der Waals surface area contributed by atoms with Gasteiger partial charge in [0.2, 0.25) is 17.7 Å². The Balaban J connectivity index is 0.490. The number of fused-ring (bicyclic) bond motifs is 7. The number of aliphatic hydroxyl groups excluding tert-OH is 1. The number of allylic oxidation sites excluding steroid dienone is 5. The number of carbonyl (C=O) groups excluding carboxylic acids is 6. The molecule has 35 heteroatoms. The molecule has 1 aliphatic carbocycles. The lowest BCUT2D eigenvalue weighted by molar-refractivity contribution is -0.265. The number of cyclic esters (lactones) is 1. The summed E-state index contributed by atoms with van der Waals surface area (Å²) < 4.78 is 56.9. The lowest BCUT2D eigenvalue weighted by Gasteiger charge is -2.43. The summed E-state index contributed by atoms with van der Waals surface area (Å²) in [4.78, 5) is 133. The molecule has 7 aromatic rings. The number of carbonyl (C=O) groups is 6. The zero-order chi connectivity index (χ0) is 94.6. The number of ketones is 2. The number of amides is 3. The van der Waals surface area contributed by atoms with E-state index in [9.17, 15) is 34.2 Å². The molecule has 6 N–H and O–H groups in total. The number of piperazine rings is 2. The Morgan fingerprint density at radius 3 is 2.20 bits per heavy atom. The van der Waals surface area contributed by atoms with Gasteiger partial charge in [0.25, 0.3) is 23.6 Å². The molecule has 2 aromatic carbocycles. The highest BCUT2D eigenvalue weighted by Crippen LogP contribution is 2.41. The van der Waals surface area contributed by atoms with Crippen LogP contribution in [-0.4, -0.2) is 296 Å². The molecular weight excluding hydrogens is 1710 g/mol. The van der Waals surface area contributed by atoms with Gasteiger partial charge in [0.1, 0.15) is 53.8 Å². The smallest absolute Gasteiger partial charge is 0.410 e. The van der Waals surface area contributed by atoms with E-state index in [1.54, 1.807) is 58.5 Å². The van der Waals surface area contributed by atoms with Crippen LogP contribution in [0, 0.1) is 35.5 Å². The highest BCUT2D eigenvalue weighted by molar-refractivity contribution is 6.39. The van der Waals surface area contributed by atoms with E-state index in [-0.39, 0.29) is 60.8 Å². The minimum absolute atomic E-state index is 0.00871. The summed E-state index contributed by atoms with van der Waals surface area (Å²) in [5.41, 5.74) is 22.4. The van der Waals surface area contributed by atoms with Gasteiger partial charge in [0.05, 0.1) is 60.9 Å². The molecule has 0 radical (unpaired) electrons. The fraction of sp³-hybridized carbons (Fsp3) is 0.596. The standard InChI is InChI=1S/C99H134N18O17/c1-60-18-13-12-14-19-61(2)80(126-8)50-74-26-21-66(7)99(125,134-74)89(120)93(122)116-32-16-15-20-77(116)94(123)131-82(51-81(127-9)62(3)45-65(6)87(119)88(129-11)86(118)64(5)44-60)63(4)46-67-23-27-79(83(48-67)128-10)133-98(124)115-34-30-75-73(57-115)54-104-97(108-75)113-39-35-110(36-40-113)31-17-43-130-59-111-37-41-112(42-38-111)96-102-52-72(53-103-96)92(121)114-33-29-69-47-68(22-24-71(69)56-114)55-117-91-84(90(100)105-58-106-91)85(109-117)70-25-28-78-76(49-70)107-95(101)132-78/h12-14,18-19,22,24-25,28,45,47,49,52-54,58,60,62-64,66-67,74,77,79-83,87-88,119,125H,15-17,20-21,23,26-27,29-44,46,48,50-51,55-57,59H2,1-11H3,(H2,101,107)(H2,100,105,106)/b14-12+,18-13+,61-19+,65-45+/t60-,62-,63-,64-,66-,67+,74+,77+,79-,80+,81?,82+,83-,87-,88+,99-/m1/s1. The van der Waals surface area contributed by atoms with Crippen molar-refractivity contribution in [3.8, 4) is 11.3 Å². The van der Waals surface area contributed by atoms with Crippen molar-refractivity contribution in [3.63, 3.8) is 0 Å². The molecule has 5 aromatic heterocycles. The van der Waals surface area contributed by atoms with Crippen LogP contribution >= 0.6 is 0 Å². The van der Waals surface area contributed by atoms with Crippen LogP contribution < -0.4 is 21.3 Å². The van der Waals surface area contributed by atoms with Crippen LogP contribution in [0.1, 0.15) is 170 Å². The monoisotopic (exact) mass is 1850 g/mol. The normalized spacial score (nSPS) is 28.9. The maximum absolute atomic E-state index is 15.1. The van der Waals surface area contributed by atoms with Crippen molar-refractivity contribution in [1.29, 1.82) is 0 Å². The molecule has 35 nitrogen and oxygen atoms in total. The fourth-order valence-electron chi connectivity index (χ4n) is 20.6. The molecule has 7 aliphatic heterocycles. The number of oxazole rings is 1. The topological polar surface area (TPSA) is 413 Å². The average Bonchev–Trinajstić information content (AvgIpc) is 1.55. The average molecular weight is 1850 g/mol. The minimum Gasteiger partial charge on any atom is -0.460 e. The number of aromatic nitrogens is 9. The molecule has 134 heavy (non-hydrogen) atoms. The van der Waals surface area contributed by atoms with Gasteiger partial charge in [-0.3, -0.25) is 29.0 Å². The number of methoxy groups -OCH3 is 4. The number of esters is 1. The first kappa shape index (κ1) is 97.9. The van der Waals surface area contributed by atoms with E-state index in [2.05, 4.69) is 62.7 Å². The van der Waals surface area contributed by atoms with Crippen LogP contribution in [0.5, 0.6) is 0 Å². The maximum atomic E-state index is 15.1. The number of nitrogens with two attached hydrogens (primary N) is 2. The number of ether oxygens (including phenoxy) is 8. The number of Topliss-reactive ketones (excluding diaryl/α,β-unsaturated/α-hetero) is 2. The van der Waals surface area contributed by atoms with Gasteiger partial charge in [0.15, 0.2) is 17.0 Å². The van der Waals surface area contributed by atoms with Gasteiger partial charge in [-0.05, 0) is 155 Å². The van der Waals surface area contributed by atoms with Crippen LogP contribution in [0.3, 0.4) is 0 Å². The predicted octanol–water partition coefficient (Wildman–Crippen LogP) is 10.1. The molecule has 2 bridgehead atoms. The van der Waals surface area contributed by atoms with Crippen molar-refractivity contribution >= 4 is 81.3 Å². The molecule has 3 amide bonds. The Morgan fingerprint density at radius 1 is 0.694 bits per heavy atom. The molecule has 15 rings (SSSR count). The van der Waals surface area contributed by atoms with Crippen LogP contribution in [-0.2, 0) is 89.5 Å². The predicted molar refractivity (Wildman–Crippen MR) is 502 cm³/mol. The fourth-order valence-corrected chi connectivity index (χ4v) is 20.6. The van der Waals surface area contributed by atoms with Gasteiger partial charge < -0.3 is 88.5 Å². The second-order valence-corrected chi connectivity index (χ2v) is 38.0. The van der Waals surface area contributed by atoms with Crippen LogP contribution in [0.4, 0.5) is 28.5 Å². The van der Waals surface area contributed by atoms with Crippen molar-refractivity contribution < 1.29 is 81.3 Å². The SMILES string of the molecule is COC1C[C@@H]([C@H](C)C[C@@H]2CC[C@@H](OC(=O)N3CCc4nc(N5CCN(CCCOCN6CCN(c7ncc(C(=O)N8CCc9cc(Cn%10nc(-c%11ccc%12oc(N)nc%12c%11)c%11c(N)ncnc%11%10)ccc9C8)cn7)CC6)CC5)ncc4C3)[C@H](OC)C2)OC(=O)[C@@H]2CCCCN2C(=O)C(=O)[C@]2(O)O[C@@H](CC[C@H]2C)C[C@H](OC)/C(C)=C/C=C/C=C/[C@@H](C)C[C@@H](C)C(=O)[C@H](OC)[C@H](O)/C(C)=C/[C@H]1C. The van der Waals surface area contributed by atoms with E-state index in [1.807, 2.05) is 99.0 Å². The Labute approximate surface area is 783 Å². The third-order valence-electron chi connectivity index (χ3n) is 28.7. The van der Waals surface area contributed by atoms with Crippen molar-refractivity contribution in [2.45, 2.75) is 225 Å². The second-order valence-electron chi connectivity index (χ2n) is 38.0. The first-order chi connectivity index (χ1) is 64.6. The third kappa shape index (κ3) is 23.0. The number of rotatable bonds is 20. The molecule has 0 spiro atoms. The van der Waals surface area contributed by atoms with Gasteiger partial charge in [0, 0.05) is 187 Å². The quantitative estimate of drug-likeness (QED) is 0.0238. The number of anilines is 4. The molecule has 1 unspecified atom stereocenters. The van der Waals surface area contributed by atoms with Crippen LogP contribution in [0.15, 0.2) is 113 Å². The van der Waals surface area contributed by atoms with E-state index < -0.39 is 96.2 Å². The number of piperidine rings is 1. The summed E-state index contributed by atoms with van der Waals surface area (Å²) in [5.74, 6) is -5.81. The summed E-state index contributed by atoms with van der Waals surface area (Å²) in [5, 5.41) is 29.7. The van der Waals surface area contributed by atoms with E-state index in [1.165, 1.54) is 23.9 Å². The molecule has 722 valence electrons. The molecule has 16 atom stereocenters. The number of hydrogen-bond donors (Lipinski definition) is 4. The first-order valence-corrected chi connectivity index (χ1v) is 47.8. The van der Waals surface area contributed by atoms with Gasteiger partial charge in [-0.2, -0.15) is 10.1 Å². The van der Waals surface area contributed by atoms with E-state index in [0.717, 1.165) is 98.8 Å². The zero-order valence-electron chi connectivity index (χ0n) is 79.4. The van der Waals surface area contributed by atoms with E-state index >= 15 is 4.79 Å². The molecule has 12 heterocycles. The zero-order valence-corrected chi connectivity index (χ0v) is 79.4. The molecule has 5 fully saturated rings. The highest BCUT2D eigenvalue weighted by Gasteiger charge is 2.54. The number of nitrogens with zero attached hydrogens (tertiary/aromatic N) is 16. The van der Waals surface area contributed by atoms with Crippen LogP contribution in [0.2, 0.25) is 0 Å². The summed E-state index contributed by atoms with van der Waals surface area (Å²) >= 11 is 0. The first-order valence-electron chi connectivity index (χ1n) is 47.8. The summed E-state index contributed by atoms with van der Waals surface area (Å²) in [6, 6.07) is 10.8. The van der Waals surface area contributed by atoms with E-state index in [0.29, 0.717) is 180 Å². The highest BCUT2D eigenvalue weighted by atomic mass is 16.6. The maximum Gasteiger partial charge on any atom is 0.410 e. The number of hydrogen-bond acceptors (Lipinski definition) is 31. The van der Waals surface area contributed by atoms with Gasteiger partial charge in [-0.15, -0.1) is 0 Å². The Bertz CT molecular complexity index is 5400. The van der Waals surface area contributed by atoms with Gasteiger partial charge in [-0.25, -0.2) is 44.2 Å². The minimum atomic E-state index is -2.46. The summed E-state index contributed by atoms with van der Waals surface area (Å²) in [6.45, 7) is 24.0. The summed E-state index contributed by atoms with van der Waals surface area (Å²) in [6.07, 6.45) is 19.6. The van der Waals surface area contributed by atoms with Crippen molar-refractivity contribution in [1.82, 2.24) is 69.2 Å². The van der Waals surface area contributed by atoms with Gasteiger partial charge in [-0.1, -0.05) is 89.3 Å². The Morgan fingerprint density at radius 2 is 1.44 bits per heavy atom.